The first kappa shape index (κ1) is 15.3. The van der Waals surface area contributed by atoms with Crippen molar-refractivity contribution in [1.29, 1.82) is 0 Å². The number of hydrogen-bond acceptors (Lipinski definition) is 2. The van der Waals surface area contributed by atoms with E-state index in [1.807, 2.05) is 0 Å². The molecule has 5 heteroatoms. The van der Waals surface area contributed by atoms with Gasteiger partial charge >= 0.3 is 0 Å². The van der Waals surface area contributed by atoms with Crippen LogP contribution in [0.25, 0.3) is 0 Å². The van der Waals surface area contributed by atoms with Gasteiger partial charge in [-0.2, -0.15) is 0 Å². The average molecular weight is 289 g/mol. The predicted molar refractivity (Wildman–Crippen MR) is 76.3 cm³/mol. The smallest absolute Gasteiger partial charge is 0.251 e. The minimum atomic E-state index is -0.167. The van der Waals surface area contributed by atoms with Crippen LogP contribution in [-0.4, -0.2) is 18.5 Å². The first-order valence-electron chi connectivity index (χ1n) is 6.04. The highest BCUT2D eigenvalue weighted by Crippen LogP contribution is 2.22. The van der Waals surface area contributed by atoms with Crippen LogP contribution in [-0.2, 0) is 0 Å². The normalized spacial score (nSPS) is 12.2. The largest absolute Gasteiger partial charge is 0.348 e. The summed E-state index contributed by atoms with van der Waals surface area (Å²) in [7, 11) is 0. The molecule has 0 radical (unpaired) electrons. The van der Waals surface area contributed by atoms with Gasteiger partial charge in [0.1, 0.15) is 0 Å². The second-order valence-electron chi connectivity index (χ2n) is 4.18. The Balaban J connectivity index is 2.65. The number of nitrogens with one attached hydrogen (secondary N) is 1. The van der Waals surface area contributed by atoms with Crippen molar-refractivity contribution in [3.05, 3.63) is 33.8 Å². The summed E-state index contributed by atoms with van der Waals surface area (Å²) in [6.07, 6.45) is 3.02. The molecule has 0 saturated carbocycles. The van der Waals surface area contributed by atoms with Gasteiger partial charge in [0.15, 0.2) is 0 Å². The number of hydrogen-bond donors (Lipinski definition) is 2. The topological polar surface area (TPSA) is 55.1 Å². The fourth-order valence-electron chi connectivity index (χ4n) is 1.61. The molecule has 0 aromatic heterocycles. The Hall–Kier alpha value is -0.770. The van der Waals surface area contributed by atoms with E-state index in [1.54, 1.807) is 18.2 Å². The number of benzene rings is 1. The number of carbonyl (C=O) groups excluding carboxylic acids is 1. The lowest BCUT2D eigenvalue weighted by Crippen LogP contribution is -2.40. The van der Waals surface area contributed by atoms with E-state index in [9.17, 15) is 4.79 Å². The van der Waals surface area contributed by atoms with E-state index in [0.717, 1.165) is 19.3 Å². The molecule has 1 aromatic rings. The van der Waals surface area contributed by atoms with E-state index in [1.165, 1.54) is 0 Å². The van der Waals surface area contributed by atoms with Gasteiger partial charge in [-0.05, 0) is 24.6 Å². The van der Waals surface area contributed by atoms with E-state index in [2.05, 4.69) is 12.2 Å². The van der Waals surface area contributed by atoms with Gasteiger partial charge in [0.05, 0.1) is 10.0 Å². The molecule has 0 aliphatic carbocycles. The van der Waals surface area contributed by atoms with E-state index in [4.69, 9.17) is 28.9 Å². The van der Waals surface area contributed by atoms with Gasteiger partial charge in [0.2, 0.25) is 0 Å². The molecule has 0 aliphatic heterocycles. The molecular weight excluding hydrogens is 271 g/mol. The lowest BCUT2D eigenvalue weighted by atomic mass is 10.1. The fourth-order valence-corrected chi connectivity index (χ4v) is 1.90. The summed E-state index contributed by atoms with van der Waals surface area (Å²) in [5, 5.41) is 3.72. The Morgan fingerprint density at radius 3 is 2.67 bits per heavy atom. The zero-order valence-corrected chi connectivity index (χ0v) is 11.9. The van der Waals surface area contributed by atoms with Gasteiger partial charge in [-0.1, -0.05) is 43.0 Å². The number of nitrogens with two attached hydrogens (primary N) is 1. The van der Waals surface area contributed by atoms with Gasteiger partial charge < -0.3 is 11.1 Å². The summed E-state index contributed by atoms with van der Waals surface area (Å²) in [6, 6.07) is 4.83. The zero-order chi connectivity index (χ0) is 13.5. The maximum atomic E-state index is 12.0. The Kier molecular flexibility index (Phi) is 6.47. The number of halogens is 2. The van der Waals surface area contributed by atoms with Gasteiger partial charge in [0.25, 0.3) is 5.91 Å². The maximum Gasteiger partial charge on any atom is 0.251 e. The van der Waals surface area contributed by atoms with Crippen molar-refractivity contribution in [3.8, 4) is 0 Å². The minimum absolute atomic E-state index is 0.00639. The van der Waals surface area contributed by atoms with Crippen LogP contribution in [0.4, 0.5) is 0 Å². The van der Waals surface area contributed by atoms with Crippen molar-refractivity contribution in [1.82, 2.24) is 5.32 Å². The second-order valence-corrected chi connectivity index (χ2v) is 4.99. The number of amides is 1. The Morgan fingerprint density at radius 1 is 1.39 bits per heavy atom. The predicted octanol–water partition coefficient (Wildman–Crippen LogP) is 3.24. The molecule has 1 amide bonds. The molecule has 1 atom stereocenters. The third-order valence-corrected chi connectivity index (χ3v) is 3.45. The van der Waals surface area contributed by atoms with Gasteiger partial charge in [-0.15, -0.1) is 0 Å². The van der Waals surface area contributed by atoms with Gasteiger partial charge in [0, 0.05) is 18.2 Å². The summed E-state index contributed by atoms with van der Waals surface area (Å²) in [5.74, 6) is -0.167. The summed E-state index contributed by atoms with van der Waals surface area (Å²) in [4.78, 5) is 12.0. The quantitative estimate of drug-likeness (QED) is 0.844. The third-order valence-electron chi connectivity index (χ3n) is 2.71. The van der Waals surface area contributed by atoms with Crippen molar-refractivity contribution in [2.45, 2.75) is 32.2 Å². The molecule has 1 rings (SSSR count). The van der Waals surface area contributed by atoms with Crippen molar-refractivity contribution in [2.24, 2.45) is 5.73 Å². The van der Waals surface area contributed by atoms with Crippen LogP contribution in [0.1, 0.15) is 36.5 Å². The molecule has 3 N–H and O–H groups in total. The molecule has 0 heterocycles. The number of rotatable bonds is 6. The van der Waals surface area contributed by atoms with Crippen molar-refractivity contribution in [3.63, 3.8) is 0 Å². The zero-order valence-electron chi connectivity index (χ0n) is 10.4. The standard InChI is InChI=1S/C13H18Cl2N2O/c1-2-3-4-10(8-16)17-13(18)9-5-6-11(14)12(15)7-9/h5-7,10H,2-4,8,16H2,1H3,(H,17,18). The molecule has 18 heavy (non-hydrogen) atoms. The molecule has 1 unspecified atom stereocenters. The Bertz CT molecular complexity index is 410. The minimum Gasteiger partial charge on any atom is -0.348 e. The third kappa shape index (κ3) is 4.48. The first-order valence-corrected chi connectivity index (χ1v) is 6.80. The van der Waals surface area contributed by atoms with Gasteiger partial charge in [-0.25, -0.2) is 0 Å². The summed E-state index contributed by atoms with van der Waals surface area (Å²) in [6.45, 7) is 2.54. The van der Waals surface area contributed by atoms with Crippen molar-refractivity contribution >= 4 is 29.1 Å². The van der Waals surface area contributed by atoms with Crippen LogP contribution < -0.4 is 11.1 Å². The van der Waals surface area contributed by atoms with Crippen LogP contribution in [0.15, 0.2) is 18.2 Å². The second kappa shape index (κ2) is 7.62. The monoisotopic (exact) mass is 288 g/mol. The van der Waals surface area contributed by atoms with Crippen LogP contribution in [0.2, 0.25) is 10.0 Å². The molecule has 0 bridgehead atoms. The van der Waals surface area contributed by atoms with Crippen LogP contribution in [0.3, 0.4) is 0 Å². The highest BCUT2D eigenvalue weighted by atomic mass is 35.5. The average Bonchev–Trinajstić information content (AvgIpc) is 2.37. The maximum absolute atomic E-state index is 12.0. The lowest BCUT2D eigenvalue weighted by Gasteiger charge is -2.16. The highest BCUT2D eigenvalue weighted by molar-refractivity contribution is 6.42. The Labute approximate surface area is 118 Å². The molecule has 100 valence electrons. The van der Waals surface area contributed by atoms with E-state index < -0.39 is 0 Å². The van der Waals surface area contributed by atoms with E-state index >= 15 is 0 Å². The number of carbonyl (C=O) groups is 1. The molecule has 1 aromatic carbocycles. The SMILES string of the molecule is CCCCC(CN)NC(=O)c1ccc(Cl)c(Cl)c1. The Morgan fingerprint density at radius 2 is 2.11 bits per heavy atom. The van der Waals surface area contributed by atoms with E-state index in [-0.39, 0.29) is 11.9 Å². The fraction of sp³-hybridized carbons (Fsp3) is 0.462. The van der Waals surface area contributed by atoms with Gasteiger partial charge in [-0.3, -0.25) is 4.79 Å². The highest BCUT2D eigenvalue weighted by Gasteiger charge is 2.13. The molecule has 0 saturated heterocycles. The lowest BCUT2D eigenvalue weighted by molar-refractivity contribution is 0.0936. The summed E-state index contributed by atoms with van der Waals surface area (Å²) < 4.78 is 0. The molecule has 3 nitrogen and oxygen atoms in total. The molecule has 0 spiro atoms. The summed E-state index contributed by atoms with van der Waals surface area (Å²) in [5.41, 5.74) is 6.13. The van der Waals surface area contributed by atoms with E-state index in [0.29, 0.717) is 22.2 Å². The molecular formula is C13H18Cl2N2O. The summed E-state index contributed by atoms with van der Waals surface area (Å²) >= 11 is 11.7. The van der Waals surface area contributed by atoms with Crippen LogP contribution >= 0.6 is 23.2 Å². The van der Waals surface area contributed by atoms with Crippen LogP contribution in [0, 0.1) is 0 Å². The van der Waals surface area contributed by atoms with Crippen molar-refractivity contribution < 1.29 is 4.79 Å². The molecule has 0 aliphatic rings. The van der Waals surface area contributed by atoms with Crippen LogP contribution in [0.5, 0.6) is 0 Å². The number of unbranched alkanes of at least 4 members (excludes halogenated alkanes) is 1. The molecule has 0 fully saturated rings. The first-order chi connectivity index (χ1) is 8.58. The van der Waals surface area contributed by atoms with Crippen molar-refractivity contribution in [2.75, 3.05) is 6.54 Å².